The molecule has 1 N–H and O–H groups in total. The largest absolute Gasteiger partial charge is 0.478 e. The van der Waals surface area contributed by atoms with E-state index in [0.29, 0.717) is 17.9 Å². The monoisotopic (exact) mass is 198 g/mol. The second-order valence-electron chi connectivity index (χ2n) is 4.05. The lowest BCUT2D eigenvalue weighted by atomic mass is 9.96. The van der Waals surface area contributed by atoms with Gasteiger partial charge >= 0.3 is 5.97 Å². The maximum absolute atomic E-state index is 10.5. The lowest BCUT2D eigenvalue weighted by molar-refractivity contribution is -0.132. The van der Waals surface area contributed by atoms with Crippen molar-refractivity contribution in [1.29, 1.82) is 0 Å². The molecule has 0 heterocycles. The Bertz CT molecular complexity index is 185. The summed E-state index contributed by atoms with van der Waals surface area (Å²) in [6.45, 7) is 7.90. The van der Waals surface area contributed by atoms with Crippen LogP contribution in [0.4, 0.5) is 0 Å². The Balaban J connectivity index is 3.48. The Kier molecular flexibility index (Phi) is 7.17. The molecule has 0 aromatic rings. The first-order valence-corrected chi connectivity index (χ1v) is 5.49. The molecule has 0 amide bonds. The zero-order chi connectivity index (χ0) is 11.0. The Hall–Kier alpha value is -0.790. The van der Waals surface area contributed by atoms with Gasteiger partial charge in [0, 0.05) is 5.57 Å². The summed E-state index contributed by atoms with van der Waals surface area (Å²) in [5.41, 5.74) is 0.340. The van der Waals surface area contributed by atoms with Crippen LogP contribution in [0.5, 0.6) is 0 Å². The van der Waals surface area contributed by atoms with Gasteiger partial charge in [-0.2, -0.15) is 0 Å². The molecular weight excluding hydrogens is 176 g/mol. The van der Waals surface area contributed by atoms with Gasteiger partial charge in [0.2, 0.25) is 0 Å². The fraction of sp³-hybridized carbons (Fsp3) is 0.750. The Morgan fingerprint density at radius 1 is 1.36 bits per heavy atom. The van der Waals surface area contributed by atoms with Crippen molar-refractivity contribution in [3.63, 3.8) is 0 Å². The highest BCUT2D eigenvalue weighted by Gasteiger charge is 2.07. The minimum atomic E-state index is -0.856. The van der Waals surface area contributed by atoms with Gasteiger partial charge < -0.3 is 5.11 Å². The third-order valence-electron chi connectivity index (χ3n) is 2.54. The molecule has 2 heteroatoms. The maximum Gasteiger partial charge on any atom is 0.330 e. The van der Waals surface area contributed by atoms with E-state index in [-0.39, 0.29) is 0 Å². The molecule has 0 aliphatic heterocycles. The van der Waals surface area contributed by atoms with Gasteiger partial charge in [-0.3, -0.25) is 0 Å². The van der Waals surface area contributed by atoms with Gasteiger partial charge in [-0.05, 0) is 18.8 Å². The molecule has 14 heavy (non-hydrogen) atoms. The van der Waals surface area contributed by atoms with E-state index in [1.807, 2.05) is 0 Å². The summed E-state index contributed by atoms with van der Waals surface area (Å²) in [5, 5.41) is 8.61. The number of carbonyl (C=O) groups is 1. The van der Waals surface area contributed by atoms with Crippen molar-refractivity contribution in [2.75, 3.05) is 0 Å². The summed E-state index contributed by atoms with van der Waals surface area (Å²) >= 11 is 0. The molecule has 0 radical (unpaired) electrons. The maximum atomic E-state index is 10.5. The Labute approximate surface area is 87.0 Å². The number of carboxylic acids is 1. The fourth-order valence-corrected chi connectivity index (χ4v) is 1.41. The molecule has 0 aliphatic rings. The molecular formula is C12H22O2. The topological polar surface area (TPSA) is 37.3 Å². The number of carboxylic acid groups (broad SMARTS) is 1. The molecule has 0 aromatic carbocycles. The number of hydrogen-bond acceptors (Lipinski definition) is 1. The van der Waals surface area contributed by atoms with Crippen LogP contribution in [0.25, 0.3) is 0 Å². The lowest BCUT2D eigenvalue weighted by Gasteiger charge is -2.10. The highest BCUT2D eigenvalue weighted by Crippen LogP contribution is 2.17. The normalized spacial score (nSPS) is 12.4. The second kappa shape index (κ2) is 7.60. The van der Waals surface area contributed by atoms with Crippen molar-refractivity contribution >= 4 is 5.97 Å². The first-order valence-electron chi connectivity index (χ1n) is 5.49. The number of rotatable bonds is 8. The van der Waals surface area contributed by atoms with Crippen LogP contribution in [-0.2, 0) is 4.79 Å². The second-order valence-corrected chi connectivity index (χ2v) is 4.05. The van der Waals surface area contributed by atoms with E-state index >= 15 is 0 Å². The molecule has 0 rings (SSSR count). The van der Waals surface area contributed by atoms with Gasteiger partial charge in [-0.1, -0.05) is 46.1 Å². The van der Waals surface area contributed by atoms with E-state index < -0.39 is 5.97 Å². The van der Waals surface area contributed by atoms with Gasteiger partial charge in [0.05, 0.1) is 0 Å². The average Bonchev–Trinajstić information content (AvgIpc) is 2.14. The number of aliphatic carboxylic acids is 1. The van der Waals surface area contributed by atoms with E-state index in [1.54, 1.807) is 0 Å². The summed E-state index contributed by atoms with van der Waals surface area (Å²) in [6.07, 6.45) is 6.58. The quantitative estimate of drug-likeness (QED) is 0.477. The SMILES string of the molecule is C=C(CCC(C)CCCCC)C(=O)O. The predicted molar refractivity (Wildman–Crippen MR) is 59.3 cm³/mol. The van der Waals surface area contributed by atoms with Crippen molar-refractivity contribution in [2.24, 2.45) is 5.92 Å². The van der Waals surface area contributed by atoms with Crippen molar-refractivity contribution in [3.05, 3.63) is 12.2 Å². The number of hydrogen-bond donors (Lipinski definition) is 1. The fourth-order valence-electron chi connectivity index (χ4n) is 1.41. The van der Waals surface area contributed by atoms with Crippen LogP contribution < -0.4 is 0 Å². The summed E-state index contributed by atoms with van der Waals surface area (Å²) in [4.78, 5) is 10.5. The van der Waals surface area contributed by atoms with Crippen LogP contribution in [0.1, 0.15) is 52.4 Å². The molecule has 1 atom stereocenters. The average molecular weight is 198 g/mol. The van der Waals surface area contributed by atoms with Crippen molar-refractivity contribution in [1.82, 2.24) is 0 Å². The van der Waals surface area contributed by atoms with Gasteiger partial charge in [0.25, 0.3) is 0 Å². The van der Waals surface area contributed by atoms with Crippen LogP contribution >= 0.6 is 0 Å². The summed E-state index contributed by atoms with van der Waals surface area (Å²) in [6, 6.07) is 0. The lowest BCUT2D eigenvalue weighted by Crippen LogP contribution is -2.02. The number of unbranched alkanes of at least 4 members (excludes halogenated alkanes) is 2. The summed E-state index contributed by atoms with van der Waals surface area (Å²) in [7, 11) is 0. The molecule has 82 valence electrons. The molecule has 0 aromatic heterocycles. The molecule has 2 nitrogen and oxygen atoms in total. The van der Waals surface area contributed by atoms with Crippen molar-refractivity contribution < 1.29 is 9.90 Å². The van der Waals surface area contributed by atoms with E-state index in [2.05, 4.69) is 20.4 Å². The standard InChI is InChI=1S/C12H22O2/c1-4-5-6-7-10(2)8-9-11(3)12(13)14/h10H,3-9H2,1-2H3,(H,13,14). The summed E-state index contributed by atoms with van der Waals surface area (Å²) in [5.74, 6) is -0.233. The molecule has 0 fully saturated rings. The molecule has 0 saturated carbocycles. The first-order chi connectivity index (χ1) is 6.57. The highest BCUT2D eigenvalue weighted by molar-refractivity contribution is 5.85. The van der Waals surface area contributed by atoms with E-state index in [1.165, 1.54) is 25.7 Å². The first kappa shape index (κ1) is 13.2. The van der Waals surface area contributed by atoms with Crippen LogP contribution in [0, 0.1) is 5.92 Å². The zero-order valence-electron chi connectivity index (χ0n) is 9.38. The molecule has 0 bridgehead atoms. The van der Waals surface area contributed by atoms with Crippen molar-refractivity contribution in [3.8, 4) is 0 Å². The van der Waals surface area contributed by atoms with E-state index in [0.717, 1.165) is 6.42 Å². The van der Waals surface area contributed by atoms with Crippen molar-refractivity contribution in [2.45, 2.75) is 52.4 Å². The van der Waals surface area contributed by atoms with Crippen LogP contribution in [-0.4, -0.2) is 11.1 Å². The molecule has 0 spiro atoms. The minimum absolute atomic E-state index is 0.340. The third-order valence-corrected chi connectivity index (χ3v) is 2.54. The molecule has 0 aliphatic carbocycles. The molecule has 0 saturated heterocycles. The van der Waals surface area contributed by atoms with Gasteiger partial charge in [-0.25, -0.2) is 4.79 Å². The Morgan fingerprint density at radius 2 is 2.00 bits per heavy atom. The van der Waals surface area contributed by atoms with Crippen LogP contribution in [0.15, 0.2) is 12.2 Å². The third kappa shape index (κ3) is 6.70. The smallest absolute Gasteiger partial charge is 0.330 e. The summed E-state index contributed by atoms with van der Waals surface area (Å²) < 4.78 is 0. The van der Waals surface area contributed by atoms with Crippen LogP contribution in [0.2, 0.25) is 0 Å². The van der Waals surface area contributed by atoms with Crippen LogP contribution in [0.3, 0.4) is 0 Å². The van der Waals surface area contributed by atoms with E-state index in [9.17, 15) is 4.79 Å². The Morgan fingerprint density at radius 3 is 2.50 bits per heavy atom. The van der Waals surface area contributed by atoms with E-state index in [4.69, 9.17) is 5.11 Å². The predicted octanol–water partition coefficient (Wildman–Crippen LogP) is 3.62. The van der Waals surface area contributed by atoms with Gasteiger partial charge in [0.15, 0.2) is 0 Å². The zero-order valence-corrected chi connectivity index (χ0v) is 9.38. The van der Waals surface area contributed by atoms with Gasteiger partial charge in [0.1, 0.15) is 0 Å². The highest BCUT2D eigenvalue weighted by atomic mass is 16.4. The molecule has 1 unspecified atom stereocenters. The minimum Gasteiger partial charge on any atom is -0.478 e. The van der Waals surface area contributed by atoms with Gasteiger partial charge in [-0.15, -0.1) is 0 Å².